The zero-order valence-corrected chi connectivity index (χ0v) is 17.6. The molecule has 1 atom stereocenters. The van der Waals surface area contributed by atoms with Crippen LogP contribution in [0.1, 0.15) is 10.4 Å². The fourth-order valence-corrected chi connectivity index (χ4v) is 3.92. The molecule has 0 spiro atoms. The Morgan fingerprint density at radius 2 is 1.81 bits per heavy atom. The Hall–Kier alpha value is -2.94. The lowest BCUT2D eigenvalue weighted by Crippen LogP contribution is -2.50. The molecule has 2 aromatic carbocycles. The first-order valence-electron chi connectivity index (χ1n) is 10.1. The quantitative estimate of drug-likeness (QED) is 0.627. The predicted molar refractivity (Wildman–Crippen MR) is 116 cm³/mol. The Labute approximate surface area is 184 Å². The molecule has 31 heavy (non-hydrogen) atoms. The van der Waals surface area contributed by atoms with Gasteiger partial charge < -0.3 is 10.0 Å². The van der Waals surface area contributed by atoms with E-state index in [1.165, 1.54) is 4.57 Å². The van der Waals surface area contributed by atoms with E-state index < -0.39 is 11.9 Å². The number of piperazine rings is 1. The molecule has 1 amide bonds. The normalized spacial score (nSPS) is 15.7. The van der Waals surface area contributed by atoms with Gasteiger partial charge in [-0.3, -0.25) is 18.8 Å². The molecule has 162 valence electrons. The Balaban J connectivity index is 1.33. The van der Waals surface area contributed by atoms with Crippen LogP contribution in [-0.2, 0) is 6.54 Å². The van der Waals surface area contributed by atoms with Crippen LogP contribution in [0.4, 0.5) is 0 Å². The van der Waals surface area contributed by atoms with Gasteiger partial charge in [0.25, 0.3) is 5.91 Å². The number of rotatable bonds is 6. The summed E-state index contributed by atoms with van der Waals surface area (Å²) in [4.78, 5) is 28.6. The number of nitrogens with zero attached hydrogens (tertiary/aromatic N) is 4. The second-order valence-electron chi connectivity index (χ2n) is 7.51. The lowest BCUT2D eigenvalue weighted by molar-refractivity contribution is 0.0495. The number of carbonyl (C=O) groups is 1. The van der Waals surface area contributed by atoms with E-state index in [2.05, 4.69) is 10.1 Å². The van der Waals surface area contributed by atoms with Crippen molar-refractivity contribution in [3.63, 3.8) is 0 Å². The Morgan fingerprint density at radius 1 is 1.06 bits per heavy atom. The number of amides is 1. The van der Waals surface area contributed by atoms with Gasteiger partial charge in [-0.2, -0.15) is 0 Å². The van der Waals surface area contributed by atoms with Gasteiger partial charge in [0.15, 0.2) is 5.82 Å². The number of β-amino-alcohol motifs (C(OH)–C–C–N with tert-alkyl or cyclic N) is 1. The molecule has 2 heterocycles. The molecule has 0 bridgehead atoms. The maximum absolute atomic E-state index is 12.6. The lowest BCUT2D eigenvalue weighted by Gasteiger charge is -2.35. The molecule has 3 aromatic rings. The summed E-state index contributed by atoms with van der Waals surface area (Å²) in [5.41, 5.74) is 1.31. The van der Waals surface area contributed by atoms with Gasteiger partial charge in [0.1, 0.15) is 0 Å². The molecule has 1 aliphatic rings. The monoisotopic (exact) mass is 442 g/mol. The average molecular weight is 443 g/mol. The fraction of sp³-hybridized carbons (Fsp3) is 0.318. The molecule has 0 saturated carbocycles. The predicted octanol–water partition coefficient (Wildman–Crippen LogP) is 1.98. The number of aliphatic hydroxyl groups is 1. The molecule has 0 radical (unpaired) electrons. The maximum Gasteiger partial charge on any atom is 0.441 e. The largest absolute Gasteiger partial charge is 0.441 e. The van der Waals surface area contributed by atoms with Crippen molar-refractivity contribution in [3.05, 3.63) is 75.7 Å². The van der Waals surface area contributed by atoms with Crippen LogP contribution in [0.15, 0.2) is 63.9 Å². The molecular weight excluding hydrogens is 420 g/mol. The van der Waals surface area contributed by atoms with Gasteiger partial charge in [-0.15, -0.1) is 0 Å². The number of hydrogen-bond acceptors (Lipinski definition) is 6. The lowest BCUT2D eigenvalue weighted by atomic mass is 10.1. The smallest absolute Gasteiger partial charge is 0.390 e. The molecule has 1 saturated heterocycles. The molecule has 8 nitrogen and oxygen atoms in total. The molecule has 0 aliphatic carbocycles. The highest BCUT2D eigenvalue weighted by atomic mass is 35.5. The zero-order chi connectivity index (χ0) is 21.8. The Bertz CT molecular complexity index is 1090. The minimum Gasteiger partial charge on any atom is -0.390 e. The van der Waals surface area contributed by atoms with Gasteiger partial charge in [0.05, 0.1) is 12.6 Å². The number of halogens is 1. The van der Waals surface area contributed by atoms with Crippen LogP contribution in [0, 0.1) is 0 Å². The SMILES string of the molecule is O=C(c1cccc(Cl)c1)N1CCN(CC(O)Cn2c(-c3ccccc3)noc2=O)CC1. The number of carbonyl (C=O) groups excluding carboxylic acids is 1. The maximum atomic E-state index is 12.6. The van der Waals surface area contributed by atoms with E-state index in [9.17, 15) is 14.7 Å². The van der Waals surface area contributed by atoms with E-state index in [0.717, 1.165) is 5.56 Å². The standard InChI is InChI=1S/C22H23ClN4O4/c23-18-8-4-7-17(13-18)21(29)26-11-9-25(10-12-26)14-19(28)15-27-20(24-31-22(27)30)16-5-2-1-3-6-16/h1-8,13,19,28H,9-12,14-15H2. The van der Waals surface area contributed by atoms with E-state index in [4.69, 9.17) is 16.1 Å². The van der Waals surface area contributed by atoms with E-state index in [1.54, 1.807) is 29.2 Å². The second-order valence-corrected chi connectivity index (χ2v) is 7.94. The second kappa shape index (κ2) is 9.47. The highest BCUT2D eigenvalue weighted by Gasteiger charge is 2.24. The van der Waals surface area contributed by atoms with Crippen LogP contribution in [0.25, 0.3) is 11.4 Å². The molecule has 9 heteroatoms. The molecule has 4 rings (SSSR count). The molecule has 1 aliphatic heterocycles. The molecule has 1 unspecified atom stereocenters. The number of aromatic nitrogens is 2. The summed E-state index contributed by atoms with van der Waals surface area (Å²) in [5.74, 6) is -0.261. The topological polar surface area (TPSA) is 91.8 Å². The van der Waals surface area contributed by atoms with Crippen LogP contribution < -0.4 is 5.76 Å². The van der Waals surface area contributed by atoms with Gasteiger partial charge in [0, 0.05) is 48.9 Å². The summed E-state index contributed by atoms with van der Waals surface area (Å²) in [7, 11) is 0. The number of benzene rings is 2. The first-order valence-corrected chi connectivity index (χ1v) is 10.5. The van der Waals surface area contributed by atoms with Gasteiger partial charge in [-0.05, 0) is 18.2 Å². The molecular formula is C22H23ClN4O4. The Morgan fingerprint density at radius 3 is 2.52 bits per heavy atom. The number of aliphatic hydroxyl groups excluding tert-OH is 1. The van der Waals surface area contributed by atoms with Crippen LogP contribution in [0.3, 0.4) is 0 Å². The van der Waals surface area contributed by atoms with E-state index >= 15 is 0 Å². The van der Waals surface area contributed by atoms with E-state index in [-0.39, 0.29) is 12.5 Å². The molecule has 1 N–H and O–H groups in total. The van der Waals surface area contributed by atoms with E-state index in [0.29, 0.717) is 49.1 Å². The van der Waals surface area contributed by atoms with Gasteiger partial charge in [0.2, 0.25) is 0 Å². The number of hydrogen-bond donors (Lipinski definition) is 1. The molecule has 1 aromatic heterocycles. The highest BCUT2D eigenvalue weighted by Crippen LogP contribution is 2.16. The summed E-state index contributed by atoms with van der Waals surface area (Å²) in [6, 6.07) is 16.1. The third-order valence-corrected chi connectivity index (χ3v) is 5.55. The van der Waals surface area contributed by atoms with Crippen molar-refractivity contribution in [3.8, 4) is 11.4 Å². The third kappa shape index (κ3) is 5.04. The minimum absolute atomic E-state index is 0.0498. The van der Waals surface area contributed by atoms with Gasteiger partial charge in [-0.25, -0.2) is 4.79 Å². The third-order valence-electron chi connectivity index (χ3n) is 5.31. The van der Waals surface area contributed by atoms with Gasteiger partial charge >= 0.3 is 5.76 Å². The van der Waals surface area contributed by atoms with Crippen LogP contribution in [-0.4, -0.2) is 69.4 Å². The van der Waals surface area contributed by atoms with Crippen LogP contribution in [0.2, 0.25) is 5.02 Å². The fourth-order valence-electron chi connectivity index (χ4n) is 3.73. The first-order chi connectivity index (χ1) is 15.0. The van der Waals surface area contributed by atoms with Crippen LogP contribution >= 0.6 is 11.6 Å². The summed E-state index contributed by atoms with van der Waals surface area (Å²) in [6.45, 7) is 2.83. The van der Waals surface area contributed by atoms with Gasteiger partial charge in [-0.1, -0.05) is 53.2 Å². The van der Waals surface area contributed by atoms with Crippen molar-refractivity contribution in [2.45, 2.75) is 12.6 Å². The Kier molecular flexibility index (Phi) is 6.50. The van der Waals surface area contributed by atoms with Crippen molar-refractivity contribution >= 4 is 17.5 Å². The molecule has 1 fully saturated rings. The van der Waals surface area contributed by atoms with E-state index in [1.807, 2.05) is 30.3 Å². The van der Waals surface area contributed by atoms with Crippen molar-refractivity contribution in [1.29, 1.82) is 0 Å². The van der Waals surface area contributed by atoms with Crippen molar-refractivity contribution in [2.24, 2.45) is 0 Å². The summed E-state index contributed by atoms with van der Waals surface area (Å²) < 4.78 is 6.16. The van der Waals surface area contributed by atoms with Crippen molar-refractivity contribution in [2.75, 3.05) is 32.7 Å². The summed E-state index contributed by atoms with van der Waals surface area (Å²) in [6.07, 6.45) is -0.783. The van der Waals surface area contributed by atoms with Crippen molar-refractivity contribution in [1.82, 2.24) is 19.5 Å². The zero-order valence-electron chi connectivity index (χ0n) is 16.9. The highest BCUT2D eigenvalue weighted by molar-refractivity contribution is 6.30. The summed E-state index contributed by atoms with van der Waals surface area (Å²) in [5, 5.41) is 15.0. The average Bonchev–Trinajstić information content (AvgIpc) is 3.14. The van der Waals surface area contributed by atoms with Crippen molar-refractivity contribution < 1.29 is 14.4 Å². The summed E-state index contributed by atoms with van der Waals surface area (Å²) >= 11 is 5.99. The first kappa shape index (κ1) is 21.3. The van der Waals surface area contributed by atoms with Crippen LogP contribution in [0.5, 0.6) is 0 Å². The minimum atomic E-state index is -0.783.